The zero-order valence-corrected chi connectivity index (χ0v) is 21.4. The number of nitrogens with one attached hydrogen (secondary N) is 1. The maximum absolute atomic E-state index is 13.6. The molecule has 1 N–H and O–H groups in total. The number of nitrogens with zero attached hydrogens (tertiary/aromatic N) is 2. The van der Waals surface area contributed by atoms with Crippen molar-refractivity contribution in [2.75, 3.05) is 25.9 Å². The topological polar surface area (TPSA) is 74.9 Å². The lowest BCUT2D eigenvalue weighted by Gasteiger charge is -2.33. The van der Waals surface area contributed by atoms with Crippen LogP contribution >= 0.6 is 11.8 Å². The summed E-state index contributed by atoms with van der Waals surface area (Å²) < 4.78 is 5.70. The van der Waals surface area contributed by atoms with Crippen molar-refractivity contribution in [3.05, 3.63) is 41.5 Å². The Kier molecular flexibility index (Phi) is 10.3. The normalized spacial score (nSPS) is 16.1. The highest BCUT2D eigenvalue weighted by atomic mass is 32.2. The average Bonchev–Trinajstić information content (AvgIpc) is 3.27. The number of hydrogen-bond donors (Lipinski definition) is 1. The Balaban J connectivity index is 1.76. The predicted molar refractivity (Wildman–Crippen MR) is 142 cm³/mol. The van der Waals surface area contributed by atoms with E-state index in [9.17, 15) is 9.59 Å². The summed E-state index contributed by atoms with van der Waals surface area (Å²) in [6.07, 6.45) is 12.1. The molecule has 2 amide bonds. The van der Waals surface area contributed by atoms with E-state index in [4.69, 9.17) is 9.41 Å². The molecule has 1 unspecified atom stereocenters. The number of fused-ring (bicyclic) bond motifs is 1. The van der Waals surface area contributed by atoms with Gasteiger partial charge in [-0.15, -0.1) is 11.8 Å². The highest BCUT2D eigenvalue weighted by Gasteiger charge is 2.32. The molecule has 0 spiro atoms. The van der Waals surface area contributed by atoms with Crippen molar-refractivity contribution in [3.63, 3.8) is 0 Å². The number of carbonyl (C=O) groups is 2. The third-order valence-corrected chi connectivity index (χ3v) is 6.89. The molecule has 3 rings (SSSR count). The standard InChI is InChI=1S/C27H37N3O3S/c1-4-15-30(27(32)23(17-29-20(2)31)21-10-6-5-7-11-21)16-14-28-25(19-34-3)24-18-33-26-13-9-8-12-22(24)26/h8-9,12-14,18-19,21,23H,4-7,10-11,15-17H2,1-3H3,(H,29,31)/b25-19-,28-14?. The van der Waals surface area contributed by atoms with Gasteiger partial charge in [0.15, 0.2) is 0 Å². The number of benzene rings is 1. The van der Waals surface area contributed by atoms with E-state index in [-0.39, 0.29) is 17.7 Å². The molecule has 34 heavy (non-hydrogen) atoms. The minimum atomic E-state index is -0.178. The van der Waals surface area contributed by atoms with Crippen molar-refractivity contribution in [1.29, 1.82) is 0 Å². The third kappa shape index (κ3) is 6.98. The van der Waals surface area contributed by atoms with Crippen molar-refractivity contribution in [3.8, 4) is 0 Å². The molecule has 0 saturated heterocycles. The van der Waals surface area contributed by atoms with E-state index in [0.29, 0.717) is 25.6 Å². The van der Waals surface area contributed by atoms with Crippen molar-refractivity contribution < 1.29 is 14.0 Å². The molecule has 0 radical (unpaired) electrons. The van der Waals surface area contributed by atoms with E-state index in [1.165, 1.54) is 13.3 Å². The summed E-state index contributed by atoms with van der Waals surface area (Å²) in [5, 5.41) is 5.93. The Hall–Kier alpha value is -2.54. The summed E-state index contributed by atoms with van der Waals surface area (Å²) in [5.74, 6) is 0.186. The number of para-hydroxylation sites is 1. The highest BCUT2D eigenvalue weighted by Crippen LogP contribution is 2.31. The van der Waals surface area contributed by atoms with Crippen LogP contribution in [0.5, 0.6) is 0 Å². The van der Waals surface area contributed by atoms with E-state index in [1.807, 2.05) is 47.0 Å². The molecule has 1 aromatic heterocycles. The maximum Gasteiger partial charge on any atom is 0.228 e. The molecule has 1 aromatic carbocycles. The van der Waals surface area contributed by atoms with E-state index in [1.54, 1.807) is 18.0 Å². The first-order valence-corrected chi connectivity index (χ1v) is 13.6. The lowest BCUT2D eigenvalue weighted by atomic mass is 9.79. The number of carbonyl (C=O) groups excluding carboxylic acids is 2. The van der Waals surface area contributed by atoms with E-state index in [0.717, 1.165) is 54.3 Å². The summed E-state index contributed by atoms with van der Waals surface area (Å²) >= 11 is 1.59. The van der Waals surface area contributed by atoms with Crippen LogP contribution in [-0.2, 0) is 9.59 Å². The highest BCUT2D eigenvalue weighted by molar-refractivity contribution is 8.01. The fourth-order valence-electron chi connectivity index (χ4n) is 4.73. The van der Waals surface area contributed by atoms with Crippen LogP contribution in [0.25, 0.3) is 16.7 Å². The molecular formula is C27H37N3O3S. The van der Waals surface area contributed by atoms with Gasteiger partial charge in [-0.3, -0.25) is 14.6 Å². The van der Waals surface area contributed by atoms with Crippen LogP contribution in [-0.4, -0.2) is 48.8 Å². The largest absolute Gasteiger partial charge is 0.464 e. The number of rotatable bonds is 11. The predicted octanol–water partition coefficient (Wildman–Crippen LogP) is 5.74. The molecule has 7 heteroatoms. The Labute approximate surface area is 207 Å². The number of hydrogen-bond acceptors (Lipinski definition) is 5. The van der Waals surface area contributed by atoms with Crippen molar-refractivity contribution in [2.45, 2.75) is 52.4 Å². The van der Waals surface area contributed by atoms with E-state index in [2.05, 4.69) is 12.2 Å². The number of thioether (sulfide) groups is 1. The molecule has 1 atom stereocenters. The van der Waals surface area contributed by atoms with Crippen LogP contribution in [0.1, 0.15) is 57.9 Å². The van der Waals surface area contributed by atoms with Crippen molar-refractivity contribution in [1.82, 2.24) is 10.2 Å². The van der Waals surface area contributed by atoms with Gasteiger partial charge >= 0.3 is 0 Å². The Morgan fingerprint density at radius 2 is 2.03 bits per heavy atom. The zero-order valence-electron chi connectivity index (χ0n) is 20.6. The third-order valence-electron chi connectivity index (χ3n) is 6.43. The molecule has 6 nitrogen and oxygen atoms in total. The van der Waals surface area contributed by atoms with Gasteiger partial charge in [-0.05, 0) is 42.9 Å². The fourth-order valence-corrected chi connectivity index (χ4v) is 5.14. The van der Waals surface area contributed by atoms with E-state index < -0.39 is 0 Å². The second kappa shape index (κ2) is 13.4. The van der Waals surface area contributed by atoms with Gasteiger partial charge in [0.2, 0.25) is 11.8 Å². The van der Waals surface area contributed by atoms with Crippen molar-refractivity contribution in [2.24, 2.45) is 16.8 Å². The van der Waals surface area contributed by atoms with Crippen LogP contribution < -0.4 is 5.32 Å². The summed E-state index contributed by atoms with van der Waals surface area (Å²) in [6, 6.07) is 7.92. The average molecular weight is 484 g/mol. The second-order valence-electron chi connectivity index (χ2n) is 8.92. The lowest BCUT2D eigenvalue weighted by Crippen LogP contribution is -2.45. The number of amides is 2. The first-order valence-electron chi connectivity index (χ1n) is 12.3. The molecule has 184 valence electrons. The zero-order chi connectivity index (χ0) is 24.3. The van der Waals surface area contributed by atoms with Gasteiger partial charge in [0.25, 0.3) is 0 Å². The van der Waals surface area contributed by atoms with Gasteiger partial charge in [-0.2, -0.15) is 0 Å². The fraction of sp³-hybridized carbons (Fsp3) is 0.519. The van der Waals surface area contributed by atoms with Gasteiger partial charge in [0.1, 0.15) is 11.8 Å². The van der Waals surface area contributed by atoms with Gasteiger partial charge in [-0.1, -0.05) is 44.4 Å². The van der Waals surface area contributed by atoms with Crippen LogP contribution in [0.4, 0.5) is 0 Å². The molecule has 1 aliphatic carbocycles. The van der Waals surface area contributed by atoms with Gasteiger partial charge < -0.3 is 14.6 Å². The van der Waals surface area contributed by atoms with Gasteiger partial charge in [0.05, 0.1) is 18.2 Å². The summed E-state index contributed by atoms with van der Waals surface area (Å²) in [7, 11) is 0. The second-order valence-corrected chi connectivity index (χ2v) is 9.63. The quantitative estimate of drug-likeness (QED) is 0.414. The monoisotopic (exact) mass is 483 g/mol. The van der Waals surface area contributed by atoms with Crippen molar-refractivity contribution >= 4 is 46.5 Å². The van der Waals surface area contributed by atoms with Crippen LogP contribution in [0.15, 0.2) is 45.3 Å². The Morgan fingerprint density at radius 3 is 2.74 bits per heavy atom. The van der Waals surface area contributed by atoms with Crippen LogP contribution in [0, 0.1) is 11.8 Å². The molecule has 1 heterocycles. The van der Waals surface area contributed by atoms with Crippen LogP contribution in [0.2, 0.25) is 0 Å². The van der Waals surface area contributed by atoms with E-state index >= 15 is 0 Å². The summed E-state index contributed by atoms with van der Waals surface area (Å²) in [4.78, 5) is 31.9. The number of furan rings is 1. The molecule has 1 saturated carbocycles. The smallest absolute Gasteiger partial charge is 0.228 e. The first kappa shape index (κ1) is 26.1. The molecule has 1 aliphatic rings. The number of aliphatic imine (C=N–C) groups is 1. The molecule has 0 aliphatic heterocycles. The molecule has 0 bridgehead atoms. The minimum absolute atomic E-state index is 0.0867. The Bertz CT molecular complexity index is 1010. The van der Waals surface area contributed by atoms with Gasteiger partial charge in [0, 0.05) is 37.2 Å². The maximum atomic E-state index is 13.6. The molecule has 1 fully saturated rings. The minimum Gasteiger partial charge on any atom is -0.464 e. The first-order chi connectivity index (χ1) is 16.5. The lowest BCUT2D eigenvalue weighted by molar-refractivity contribution is -0.137. The SMILES string of the molecule is CCCN(CC=N/C(=C\SC)c1coc2ccccc12)C(=O)C(CNC(C)=O)C1CCCCC1. The molecular weight excluding hydrogens is 446 g/mol. The molecule has 2 aromatic rings. The Morgan fingerprint density at radius 1 is 1.26 bits per heavy atom. The summed E-state index contributed by atoms with van der Waals surface area (Å²) in [6.45, 7) is 5.12. The van der Waals surface area contributed by atoms with Crippen LogP contribution in [0.3, 0.4) is 0 Å². The van der Waals surface area contributed by atoms with Gasteiger partial charge in [-0.25, -0.2) is 0 Å². The summed E-state index contributed by atoms with van der Waals surface area (Å²) in [5.41, 5.74) is 2.60.